The van der Waals surface area contributed by atoms with E-state index >= 15 is 0 Å². The van der Waals surface area contributed by atoms with Gasteiger partial charge in [-0.05, 0) is 123 Å². The van der Waals surface area contributed by atoms with E-state index < -0.39 is 0 Å². The highest BCUT2D eigenvalue weighted by molar-refractivity contribution is 6.17. The molecule has 12 rings (SSSR count). The minimum absolute atomic E-state index is 0.904. The van der Waals surface area contributed by atoms with Crippen LogP contribution in [0.1, 0.15) is 0 Å². The molecule has 0 spiro atoms. The van der Waals surface area contributed by atoms with Crippen molar-refractivity contribution in [3.8, 4) is 22.3 Å². The van der Waals surface area contributed by atoms with Gasteiger partial charge in [-0.2, -0.15) is 0 Å². The van der Waals surface area contributed by atoms with E-state index in [0.717, 1.165) is 93.4 Å². The van der Waals surface area contributed by atoms with Gasteiger partial charge >= 0.3 is 0 Å². The molecule has 0 fully saturated rings. The summed E-state index contributed by atoms with van der Waals surface area (Å²) in [5.41, 5.74) is 11.5. The molecule has 0 saturated heterocycles. The molecule has 0 aliphatic carbocycles. The number of hydrogen-bond donors (Lipinski definition) is 0. The molecule has 0 unspecified atom stereocenters. The lowest BCUT2D eigenvalue weighted by atomic mass is 9.98. The summed E-state index contributed by atoms with van der Waals surface area (Å²) < 4.78 is 12.8. The molecule has 0 N–H and O–H groups in total. The van der Waals surface area contributed by atoms with Crippen molar-refractivity contribution in [1.29, 1.82) is 0 Å². The number of rotatable bonds is 5. The van der Waals surface area contributed by atoms with E-state index in [-0.39, 0.29) is 0 Å². The fourth-order valence-electron chi connectivity index (χ4n) is 8.64. The number of nitrogens with zero attached hydrogens (tertiary/aromatic N) is 2. The van der Waals surface area contributed by atoms with Crippen molar-refractivity contribution < 1.29 is 8.83 Å². The highest BCUT2D eigenvalue weighted by Crippen LogP contribution is 2.42. The number of pyridine rings is 1. The second-order valence-electron chi connectivity index (χ2n) is 14.8. The molecule has 0 atom stereocenters. The minimum atomic E-state index is 0.904. The molecule has 266 valence electrons. The van der Waals surface area contributed by atoms with E-state index in [2.05, 4.69) is 168 Å². The van der Waals surface area contributed by atoms with Crippen LogP contribution in [0.4, 0.5) is 17.1 Å². The van der Waals surface area contributed by atoms with Crippen molar-refractivity contribution in [3.63, 3.8) is 0 Å². The summed E-state index contributed by atoms with van der Waals surface area (Å²) in [6.45, 7) is 0. The van der Waals surface area contributed by atoms with Crippen LogP contribution in [0.5, 0.6) is 0 Å². The quantitative estimate of drug-likeness (QED) is 0.177. The summed E-state index contributed by atoms with van der Waals surface area (Å²) in [7, 11) is 0. The van der Waals surface area contributed by atoms with Crippen LogP contribution in [0, 0.1) is 0 Å². The summed E-state index contributed by atoms with van der Waals surface area (Å²) in [5, 5.41) is 11.3. The van der Waals surface area contributed by atoms with Crippen LogP contribution in [0.3, 0.4) is 0 Å². The van der Waals surface area contributed by atoms with Crippen LogP contribution in [0.25, 0.3) is 98.4 Å². The monoisotopic (exact) mass is 728 g/mol. The summed E-state index contributed by atoms with van der Waals surface area (Å²) in [6.07, 6.45) is 3.75. The topological polar surface area (TPSA) is 42.4 Å². The zero-order valence-corrected chi connectivity index (χ0v) is 30.7. The predicted octanol–water partition coefficient (Wildman–Crippen LogP) is 15.1. The molecular formula is C53H32N2O2. The molecular weight excluding hydrogens is 697 g/mol. The number of benzene rings is 9. The third kappa shape index (κ3) is 5.12. The Labute approximate surface area is 327 Å². The first-order chi connectivity index (χ1) is 28.2. The zero-order valence-electron chi connectivity index (χ0n) is 30.7. The molecule has 9 aromatic carbocycles. The number of hydrogen-bond acceptors (Lipinski definition) is 4. The van der Waals surface area contributed by atoms with Gasteiger partial charge < -0.3 is 13.7 Å². The van der Waals surface area contributed by atoms with Gasteiger partial charge in [0, 0.05) is 67.2 Å². The Morgan fingerprint density at radius 2 is 0.807 bits per heavy atom. The molecule has 3 heterocycles. The first-order valence-electron chi connectivity index (χ1n) is 19.2. The van der Waals surface area contributed by atoms with Crippen molar-refractivity contribution in [2.75, 3.05) is 4.90 Å². The summed E-state index contributed by atoms with van der Waals surface area (Å²) in [4.78, 5) is 6.60. The highest BCUT2D eigenvalue weighted by Gasteiger charge is 2.18. The Balaban J connectivity index is 0.957. The number of anilines is 3. The standard InChI is InChI=1S/C53H32N2O2/c1-3-7-50-46(5-1)48-23-17-38-30-42(21-25-44(38)52(48)56-50)55(43-22-26-45-39(31-43)18-24-49-47-6-2-4-8-51(47)57-53(45)49)41-19-15-34(16-20-41)33-9-11-35(12-10-33)36-13-14-40-32-54-28-27-37(40)29-36/h1-32H. The van der Waals surface area contributed by atoms with E-state index in [4.69, 9.17) is 8.83 Å². The van der Waals surface area contributed by atoms with Gasteiger partial charge in [0.15, 0.2) is 0 Å². The Hall–Kier alpha value is -7.69. The molecule has 0 aliphatic rings. The fraction of sp³-hybridized carbons (Fsp3) is 0. The highest BCUT2D eigenvalue weighted by atomic mass is 16.3. The SMILES string of the molecule is c1ccc2c(c1)oc1c3ccc(N(c4ccc(-c5ccc(-c6ccc7cnccc7c6)cc5)cc4)c4ccc5c(ccc6c7ccccc7oc56)c4)cc3ccc21. The van der Waals surface area contributed by atoms with E-state index in [1.807, 2.05) is 36.7 Å². The van der Waals surface area contributed by atoms with Crippen LogP contribution in [-0.4, -0.2) is 4.98 Å². The van der Waals surface area contributed by atoms with Crippen molar-refractivity contribution in [3.05, 3.63) is 194 Å². The van der Waals surface area contributed by atoms with Crippen LogP contribution in [-0.2, 0) is 0 Å². The molecule has 4 heteroatoms. The molecule has 3 aromatic heterocycles. The Bertz CT molecular complexity index is 3370. The molecule has 0 saturated carbocycles. The van der Waals surface area contributed by atoms with Crippen molar-refractivity contribution in [1.82, 2.24) is 4.98 Å². The number of furan rings is 2. The van der Waals surface area contributed by atoms with E-state index in [0.29, 0.717) is 0 Å². The average Bonchev–Trinajstić information content (AvgIpc) is 3.86. The molecule has 4 nitrogen and oxygen atoms in total. The third-order valence-corrected chi connectivity index (χ3v) is 11.5. The maximum absolute atomic E-state index is 6.42. The number of para-hydroxylation sites is 2. The number of fused-ring (bicyclic) bond motifs is 11. The van der Waals surface area contributed by atoms with Crippen LogP contribution >= 0.6 is 0 Å². The lowest BCUT2D eigenvalue weighted by Crippen LogP contribution is -2.10. The maximum Gasteiger partial charge on any atom is 0.143 e. The van der Waals surface area contributed by atoms with Crippen LogP contribution < -0.4 is 4.90 Å². The largest absolute Gasteiger partial charge is 0.455 e. The van der Waals surface area contributed by atoms with Gasteiger partial charge in [0.2, 0.25) is 0 Å². The summed E-state index contributed by atoms with van der Waals surface area (Å²) in [5.74, 6) is 0. The van der Waals surface area contributed by atoms with Gasteiger partial charge in [-0.3, -0.25) is 4.98 Å². The fourth-order valence-corrected chi connectivity index (χ4v) is 8.64. The van der Waals surface area contributed by atoms with Gasteiger partial charge in [0.05, 0.1) is 0 Å². The first-order valence-corrected chi connectivity index (χ1v) is 19.2. The second-order valence-corrected chi connectivity index (χ2v) is 14.8. The van der Waals surface area contributed by atoms with Gasteiger partial charge in [-0.1, -0.05) is 97.1 Å². The van der Waals surface area contributed by atoms with Crippen LogP contribution in [0.2, 0.25) is 0 Å². The lowest BCUT2D eigenvalue weighted by molar-refractivity contribution is 0.672. The molecule has 57 heavy (non-hydrogen) atoms. The first kappa shape index (κ1) is 31.6. The maximum atomic E-state index is 6.42. The molecule has 0 bridgehead atoms. The van der Waals surface area contributed by atoms with Crippen molar-refractivity contribution in [2.45, 2.75) is 0 Å². The Kier molecular flexibility index (Phi) is 6.89. The Morgan fingerprint density at radius 1 is 0.333 bits per heavy atom. The predicted molar refractivity (Wildman–Crippen MR) is 237 cm³/mol. The Morgan fingerprint density at radius 3 is 1.40 bits per heavy atom. The average molecular weight is 729 g/mol. The normalized spacial score (nSPS) is 11.9. The molecule has 0 amide bonds. The smallest absolute Gasteiger partial charge is 0.143 e. The third-order valence-electron chi connectivity index (χ3n) is 11.5. The summed E-state index contributed by atoms with van der Waals surface area (Å²) in [6, 6.07) is 65.0. The zero-order chi connectivity index (χ0) is 37.5. The minimum Gasteiger partial charge on any atom is -0.455 e. The van der Waals surface area contributed by atoms with E-state index in [9.17, 15) is 0 Å². The van der Waals surface area contributed by atoms with Gasteiger partial charge in [0.25, 0.3) is 0 Å². The van der Waals surface area contributed by atoms with E-state index in [1.54, 1.807) is 0 Å². The van der Waals surface area contributed by atoms with Gasteiger partial charge in [-0.15, -0.1) is 0 Å². The van der Waals surface area contributed by atoms with Gasteiger partial charge in [0.1, 0.15) is 22.3 Å². The molecule has 0 aliphatic heterocycles. The van der Waals surface area contributed by atoms with Gasteiger partial charge in [-0.25, -0.2) is 0 Å². The summed E-state index contributed by atoms with van der Waals surface area (Å²) >= 11 is 0. The van der Waals surface area contributed by atoms with Crippen molar-refractivity contribution in [2.24, 2.45) is 0 Å². The van der Waals surface area contributed by atoms with Crippen molar-refractivity contribution >= 4 is 93.3 Å². The second kappa shape index (κ2) is 12.4. The van der Waals surface area contributed by atoms with E-state index in [1.165, 1.54) is 22.1 Å². The molecule has 0 radical (unpaired) electrons. The lowest BCUT2D eigenvalue weighted by Gasteiger charge is -2.26. The molecule has 12 aromatic rings. The van der Waals surface area contributed by atoms with Crippen LogP contribution in [0.15, 0.2) is 203 Å². The number of aromatic nitrogens is 1.